The van der Waals surface area contributed by atoms with Crippen molar-refractivity contribution >= 4 is 35.1 Å². The van der Waals surface area contributed by atoms with E-state index in [2.05, 4.69) is 0 Å². The zero-order chi connectivity index (χ0) is 20.8. The Morgan fingerprint density at radius 1 is 0.897 bits per heavy atom. The summed E-state index contributed by atoms with van der Waals surface area (Å²) in [7, 11) is 0. The first-order valence-electron chi connectivity index (χ1n) is 8.48. The van der Waals surface area contributed by atoms with Gasteiger partial charge in [-0.05, 0) is 54.6 Å². The maximum absolute atomic E-state index is 12.3. The fourth-order valence-corrected chi connectivity index (χ4v) is 2.59. The van der Waals surface area contributed by atoms with Crippen molar-refractivity contribution in [2.45, 2.75) is 0 Å². The molecule has 0 aliphatic carbocycles. The van der Waals surface area contributed by atoms with E-state index >= 15 is 0 Å². The zero-order valence-electron chi connectivity index (χ0n) is 14.9. The number of nitrogens with zero attached hydrogens (tertiary/aromatic N) is 1. The van der Waals surface area contributed by atoms with Crippen LogP contribution in [0.15, 0.2) is 78.9 Å². The number of hydrogen-bond donors (Lipinski definition) is 0. The van der Waals surface area contributed by atoms with Gasteiger partial charge < -0.3 is 4.74 Å². The minimum absolute atomic E-state index is 0.120. The number of nitro groups is 1. The first kappa shape index (κ1) is 20.0. The van der Waals surface area contributed by atoms with Gasteiger partial charge in [0.05, 0.1) is 10.5 Å². The molecule has 0 N–H and O–H groups in total. The molecule has 0 spiro atoms. The maximum Gasteiger partial charge on any atom is 0.343 e. The maximum atomic E-state index is 12.3. The van der Waals surface area contributed by atoms with E-state index < -0.39 is 10.9 Å². The van der Waals surface area contributed by atoms with Crippen LogP contribution in [0, 0.1) is 10.1 Å². The van der Waals surface area contributed by atoms with Gasteiger partial charge >= 0.3 is 5.97 Å². The molecule has 6 nitrogen and oxygen atoms in total. The van der Waals surface area contributed by atoms with Crippen LogP contribution in [0.1, 0.15) is 26.3 Å². The Balaban J connectivity index is 1.76. The van der Waals surface area contributed by atoms with E-state index in [1.807, 2.05) is 0 Å². The van der Waals surface area contributed by atoms with Crippen molar-refractivity contribution in [3.8, 4) is 5.75 Å². The Morgan fingerprint density at radius 3 is 2.17 bits per heavy atom. The van der Waals surface area contributed by atoms with Crippen LogP contribution in [0.25, 0.3) is 6.08 Å². The molecule has 0 bridgehead atoms. The van der Waals surface area contributed by atoms with E-state index in [4.69, 9.17) is 16.3 Å². The molecule has 29 heavy (non-hydrogen) atoms. The quantitative estimate of drug-likeness (QED) is 0.137. The summed E-state index contributed by atoms with van der Waals surface area (Å²) in [6.07, 6.45) is 2.93. The predicted octanol–water partition coefficient (Wildman–Crippen LogP) is 5.36. The molecular weight excluding hydrogens is 394 g/mol. The van der Waals surface area contributed by atoms with Crippen LogP contribution >= 0.6 is 11.6 Å². The Kier molecular flexibility index (Phi) is 6.16. The second kappa shape index (κ2) is 8.95. The summed E-state index contributed by atoms with van der Waals surface area (Å²) in [5.74, 6) is -0.626. The molecule has 144 valence electrons. The number of ether oxygens (including phenoxy) is 1. The van der Waals surface area contributed by atoms with Gasteiger partial charge in [0.2, 0.25) is 0 Å². The lowest BCUT2D eigenvalue weighted by Crippen LogP contribution is -2.09. The SMILES string of the molecule is O=C(/C=C/c1ccccc1OC(=O)c1ccc([N+](=O)[O-])cc1)c1ccc(Cl)cc1. The number of carbonyl (C=O) groups is 2. The minimum Gasteiger partial charge on any atom is -0.422 e. The van der Waals surface area contributed by atoms with Crippen LogP contribution in [0.2, 0.25) is 5.02 Å². The highest BCUT2D eigenvalue weighted by Gasteiger charge is 2.13. The highest BCUT2D eigenvalue weighted by molar-refractivity contribution is 6.30. The number of benzene rings is 3. The molecule has 0 heterocycles. The molecule has 0 aliphatic heterocycles. The van der Waals surface area contributed by atoms with E-state index in [0.29, 0.717) is 16.1 Å². The number of para-hydroxylation sites is 1. The average molecular weight is 408 g/mol. The summed E-state index contributed by atoms with van der Waals surface area (Å²) < 4.78 is 5.40. The van der Waals surface area contributed by atoms with Gasteiger partial charge in [0, 0.05) is 28.3 Å². The number of carbonyl (C=O) groups excluding carboxylic acids is 2. The Hall–Kier alpha value is -3.77. The lowest BCUT2D eigenvalue weighted by atomic mass is 10.1. The summed E-state index contributed by atoms with van der Waals surface area (Å²) in [4.78, 5) is 34.8. The van der Waals surface area contributed by atoms with Crippen molar-refractivity contribution in [3.05, 3.63) is 111 Å². The van der Waals surface area contributed by atoms with Crippen molar-refractivity contribution in [3.63, 3.8) is 0 Å². The number of non-ortho nitro benzene ring substituents is 1. The van der Waals surface area contributed by atoms with E-state index in [1.54, 1.807) is 54.6 Å². The molecule has 0 atom stereocenters. The normalized spacial score (nSPS) is 10.7. The Morgan fingerprint density at radius 2 is 1.52 bits per heavy atom. The van der Waals surface area contributed by atoms with E-state index in [9.17, 15) is 19.7 Å². The summed E-state index contributed by atoms with van der Waals surface area (Å²) in [6.45, 7) is 0. The molecule has 3 rings (SSSR count). The topological polar surface area (TPSA) is 86.5 Å². The lowest BCUT2D eigenvalue weighted by molar-refractivity contribution is -0.384. The second-order valence-corrected chi connectivity index (χ2v) is 6.37. The fraction of sp³-hybridized carbons (Fsp3) is 0. The van der Waals surface area contributed by atoms with Gasteiger partial charge in [-0.1, -0.05) is 29.8 Å². The minimum atomic E-state index is -0.662. The lowest BCUT2D eigenvalue weighted by Gasteiger charge is -2.07. The van der Waals surface area contributed by atoms with Gasteiger partial charge in [-0.3, -0.25) is 14.9 Å². The second-order valence-electron chi connectivity index (χ2n) is 5.94. The van der Waals surface area contributed by atoms with Crippen LogP contribution in [0.4, 0.5) is 5.69 Å². The molecule has 0 aliphatic rings. The Bertz CT molecular complexity index is 1090. The van der Waals surface area contributed by atoms with E-state index in [0.717, 1.165) is 0 Å². The number of ketones is 1. The summed E-state index contributed by atoms with van der Waals surface area (Å²) in [5.41, 5.74) is 1.06. The third kappa shape index (κ3) is 5.15. The molecule has 0 amide bonds. The number of nitro benzene ring substituents is 1. The van der Waals surface area contributed by atoms with Crippen molar-refractivity contribution in [2.24, 2.45) is 0 Å². The molecule has 0 fully saturated rings. The van der Waals surface area contributed by atoms with Crippen LogP contribution in [-0.2, 0) is 0 Å². The highest BCUT2D eigenvalue weighted by atomic mass is 35.5. The molecular formula is C22H14ClNO5. The largest absolute Gasteiger partial charge is 0.422 e. The van der Waals surface area contributed by atoms with Gasteiger partial charge in [0.15, 0.2) is 5.78 Å². The van der Waals surface area contributed by atoms with E-state index in [-0.39, 0.29) is 22.8 Å². The molecule has 0 saturated carbocycles. The molecule has 3 aromatic carbocycles. The molecule has 0 saturated heterocycles. The predicted molar refractivity (Wildman–Crippen MR) is 109 cm³/mol. The monoisotopic (exact) mass is 407 g/mol. The average Bonchev–Trinajstić information content (AvgIpc) is 2.73. The van der Waals surface area contributed by atoms with Gasteiger partial charge in [-0.25, -0.2) is 4.79 Å². The number of allylic oxidation sites excluding steroid dienone is 1. The first-order valence-corrected chi connectivity index (χ1v) is 8.85. The third-order valence-corrected chi connectivity index (χ3v) is 4.23. The zero-order valence-corrected chi connectivity index (χ0v) is 15.7. The van der Waals surface area contributed by atoms with Crippen LogP contribution < -0.4 is 4.74 Å². The number of hydrogen-bond acceptors (Lipinski definition) is 5. The summed E-state index contributed by atoms with van der Waals surface area (Å²) in [5, 5.41) is 11.2. The van der Waals surface area contributed by atoms with Gasteiger partial charge in [-0.2, -0.15) is 0 Å². The van der Waals surface area contributed by atoms with Crippen LogP contribution in [-0.4, -0.2) is 16.7 Å². The smallest absolute Gasteiger partial charge is 0.343 e. The van der Waals surface area contributed by atoms with E-state index in [1.165, 1.54) is 30.3 Å². The van der Waals surface area contributed by atoms with Crippen LogP contribution in [0.3, 0.4) is 0 Å². The van der Waals surface area contributed by atoms with Crippen molar-refractivity contribution in [2.75, 3.05) is 0 Å². The molecule has 3 aromatic rings. The molecule has 0 unspecified atom stereocenters. The van der Waals surface area contributed by atoms with Crippen LogP contribution in [0.5, 0.6) is 5.75 Å². The van der Waals surface area contributed by atoms with Gasteiger partial charge in [0.1, 0.15) is 5.75 Å². The van der Waals surface area contributed by atoms with Crippen molar-refractivity contribution < 1.29 is 19.2 Å². The number of rotatable bonds is 6. The Labute approximate surface area is 171 Å². The number of halogens is 1. The van der Waals surface area contributed by atoms with Gasteiger partial charge in [0.25, 0.3) is 5.69 Å². The highest BCUT2D eigenvalue weighted by Crippen LogP contribution is 2.22. The van der Waals surface area contributed by atoms with Gasteiger partial charge in [-0.15, -0.1) is 0 Å². The molecule has 7 heteroatoms. The van der Waals surface area contributed by atoms with Crippen molar-refractivity contribution in [1.29, 1.82) is 0 Å². The summed E-state index contributed by atoms with van der Waals surface area (Å²) >= 11 is 5.82. The summed E-state index contributed by atoms with van der Waals surface area (Å²) in [6, 6.07) is 18.3. The standard InChI is InChI=1S/C22H14ClNO5/c23-18-10-5-15(6-11-18)20(25)14-9-16-3-1-2-4-21(16)29-22(26)17-7-12-19(13-8-17)24(27)28/h1-14H/b14-9+. The number of esters is 1. The first-order chi connectivity index (χ1) is 13.9. The molecule has 0 aromatic heterocycles. The third-order valence-electron chi connectivity index (χ3n) is 3.98. The molecule has 0 radical (unpaired) electrons. The van der Waals surface area contributed by atoms with Crippen molar-refractivity contribution in [1.82, 2.24) is 0 Å². The fourth-order valence-electron chi connectivity index (χ4n) is 2.47.